The third kappa shape index (κ3) is 7.38. The van der Waals surface area contributed by atoms with Gasteiger partial charge in [-0.25, -0.2) is 14.5 Å². The number of anilines is 1. The molecule has 1 amide bonds. The molecular weight excluding hydrogens is 643 g/mol. The van der Waals surface area contributed by atoms with Crippen molar-refractivity contribution in [1.82, 2.24) is 39.3 Å². The number of amides is 1. The number of carbonyl (C=O) groups is 2. The number of carboxylic acid groups (broad SMARTS) is 1. The zero-order valence-corrected chi connectivity index (χ0v) is 25.6. The van der Waals surface area contributed by atoms with Crippen molar-refractivity contribution in [2.24, 2.45) is 13.0 Å². The quantitative estimate of drug-likeness (QED) is 0.271. The average Bonchev–Trinajstić information content (AvgIpc) is 3.69. The number of aliphatic carboxylic acids is 1. The number of nitrogens with one attached hydrogen (secondary N) is 1. The molecule has 0 saturated heterocycles. The number of rotatable bonds is 3. The number of carboxylic acids is 1. The number of halogens is 4. The number of nitrogens with zero attached hydrogens (tertiary/aromatic N) is 8. The summed E-state index contributed by atoms with van der Waals surface area (Å²) in [4.78, 5) is 44.8. The molecule has 2 N–H and O–H groups in total. The summed E-state index contributed by atoms with van der Waals surface area (Å²) in [7, 11) is 1.83. The van der Waals surface area contributed by atoms with Crippen molar-refractivity contribution in [3.8, 4) is 28.2 Å². The Morgan fingerprint density at radius 3 is 2.53 bits per heavy atom. The fourth-order valence-electron chi connectivity index (χ4n) is 5.12. The van der Waals surface area contributed by atoms with E-state index >= 15 is 0 Å². The van der Waals surface area contributed by atoms with E-state index in [2.05, 4.69) is 30.7 Å². The zero-order chi connectivity index (χ0) is 33.9. The number of aromatic nitrogens is 8. The molecule has 1 aliphatic rings. The summed E-state index contributed by atoms with van der Waals surface area (Å²) in [5.74, 6) is -3.03. The molecule has 0 radical (unpaired) electrons. The lowest BCUT2D eigenvalue weighted by molar-refractivity contribution is -0.192. The Morgan fingerprint density at radius 1 is 1.09 bits per heavy atom. The highest BCUT2D eigenvalue weighted by Crippen LogP contribution is 2.33. The molecule has 5 aromatic rings. The molecule has 6 rings (SSSR count). The first-order valence-electron chi connectivity index (χ1n) is 14.2. The second-order valence-electron chi connectivity index (χ2n) is 10.7. The molecule has 2 atom stereocenters. The first kappa shape index (κ1) is 33.0. The van der Waals surface area contributed by atoms with Crippen LogP contribution in [0.1, 0.15) is 37.9 Å². The summed E-state index contributed by atoms with van der Waals surface area (Å²) in [6, 6.07) is 10.3. The minimum absolute atomic E-state index is 0.0615. The molecule has 1 aliphatic heterocycles. The highest BCUT2D eigenvalue weighted by molar-refractivity contribution is 6.31. The number of aryl methyl sites for hydroxylation is 1. The molecule has 0 fully saturated rings. The molecule has 1 aromatic carbocycles. The van der Waals surface area contributed by atoms with E-state index in [0.717, 1.165) is 17.0 Å². The summed E-state index contributed by atoms with van der Waals surface area (Å²) in [6.07, 6.45) is 5.11. The Bertz CT molecular complexity index is 1980. The third-order valence-corrected chi connectivity index (χ3v) is 7.71. The maximum absolute atomic E-state index is 13.6. The van der Waals surface area contributed by atoms with Crippen LogP contribution >= 0.6 is 11.6 Å². The van der Waals surface area contributed by atoms with Crippen LogP contribution < -0.4 is 10.9 Å². The van der Waals surface area contributed by atoms with Crippen LogP contribution in [0.2, 0.25) is 5.02 Å². The number of benzene rings is 1. The molecule has 4 aromatic heterocycles. The topological polar surface area (TPSA) is 163 Å². The van der Waals surface area contributed by atoms with E-state index in [4.69, 9.17) is 21.5 Å². The Labute approximate surface area is 269 Å². The van der Waals surface area contributed by atoms with E-state index in [1.54, 1.807) is 57.2 Å². The van der Waals surface area contributed by atoms with Gasteiger partial charge in [0.25, 0.3) is 5.56 Å². The number of carbonyl (C=O) groups excluding carboxylic acids is 1. The molecule has 47 heavy (non-hydrogen) atoms. The van der Waals surface area contributed by atoms with E-state index < -0.39 is 12.1 Å². The largest absolute Gasteiger partial charge is 0.490 e. The van der Waals surface area contributed by atoms with Gasteiger partial charge in [0.1, 0.15) is 0 Å². The second-order valence-corrected chi connectivity index (χ2v) is 11.1. The van der Waals surface area contributed by atoms with Crippen molar-refractivity contribution in [3.05, 3.63) is 88.6 Å². The minimum Gasteiger partial charge on any atom is -0.475 e. The lowest BCUT2D eigenvalue weighted by Gasteiger charge is -2.22. The standard InChI is InChI=1S/C28H26ClN9O2.C2HF3O2/c1-17-4-3-5-25(22-12-18(8-9-30-22)27-23(34-28(17)40)15-33-36(27)2)37-16-31-21(14-26(37)39)20-13-19(29)6-7-24(20)38-11-10-32-35-38;3-2(4,5)1(6)7/h6-17,25H,3-5H2,1-2H3,(H,34,40);(H,6,7)/t17-,25+;/m1./s1. The van der Waals surface area contributed by atoms with Crippen LogP contribution in [0.5, 0.6) is 0 Å². The average molecular weight is 670 g/mol. The maximum atomic E-state index is 13.6. The molecule has 17 heteroatoms. The first-order valence-corrected chi connectivity index (χ1v) is 14.6. The summed E-state index contributed by atoms with van der Waals surface area (Å²) in [5, 5.41) is 23.0. The molecule has 13 nitrogen and oxygen atoms in total. The summed E-state index contributed by atoms with van der Waals surface area (Å²) < 4.78 is 36.7. The molecule has 0 unspecified atom stereocenters. The van der Waals surface area contributed by atoms with Crippen LogP contribution in [0.4, 0.5) is 18.9 Å². The maximum Gasteiger partial charge on any atom is 0.490 e. The molecular formula is C30H27ClF3N9O4. The summed E-state index contributed by atoms with van der Waals surface area (Å²) in [5.41, 5.74) is 4.57. The number of hydrogen-bond acceptors (Lipinski definition) is 8. The van der Waals surface area contributed by atoms with Crippen molar-refractivity contribution in [2.75, 3.05) is 5.32 Å². The number of fused-ring (bicyclic) bond motifs is 4. The minimum atomic E-state index is -5.08. The van der Waals surface area contributed by atoms with Crippen LogP contribution in [0, 0.1) is 5.92 Å². The Morgan fingerprint density at radius 2 is 1.85 bits per heavy atom. The van der Waals surface area contributed by atoms with E-state index in [1.807, 2.05) is 32.2 Å². The highest BCUT2D eigenvalue weighted by atomic mass is 35.5. The Hall–Kier alpha value is -5.38. The normalized spacial score (nSPS) is 16.5. The van der Waals surface area contributed by atoms with Gasteiger partial charge < -0.3 is 10.4 Å². The predicted molar refractivity (Wildman–Crippen MR) is 164 cm³/mol. The van der Waals surface area contributed by atoms with E-state index in [0.29, 0.717) is 46.9 Å². The zero-order valence-electron chi connectivity index (χ0n) is 24.9. The van der Waals surface area contributed by atoms with Crippen molar-refractivity contribution >= 4 is 29.2 Å². The predicted octanol–water partition coefficient (Wildman–Crippen LogP) is 4.92. The van der Waals surface area contributed by atoms with E-state index in [9.17, 15) is 22.8 Å². The van der Waals surface area contributed by atoms with Crippen molar-refractivity contribution in [3.63, 3.8) is 0 Å². The second kappa shape index (κ2) is 13.5. The summed E-state index contributed by atoms with van der Waals surface area (Å²) >= 11 is 6.31. The van der Waals surface area contributed by atoms with Gasteiger partial charge in [0, 0.05) is 41.4 Å². The first-order chi connectivity index (χ1) is 22.3. The van der Waals surface area contributed by atoms with Crippen LogP contribution in [-0.2, 0) is 16.6 Å². The van der Waals surface area contributed by atoms with E-state index in [-0.39, 0.29) is 23.4 Å². The molecule has 5 heterocycles. The van der Waals surface area contributed by atoms with Gasteiger partial charge in [-0.2, -0.15) is 18.3 Å². The van der Waals surface area contributed by atoms with Gasteiger partial charge in [-0.15, -0.1) is 5.10 Å². The molecule has 0 spiro atoms. The van der Waals surface area contributed by atoms with Crippen LogP contribution in [0.25, 0.3) is 28.2 Å². The highest BCUT2D eigenvalue weighted by Gasteiger charge is 2.38. The number of alkyl halides is 3. The van der Waals surface area contributed by atoms with Crippen LogP contribution in [0.15, 0.2) is 72.3 Å². The Kier molecular flexibility index (Phi) is 9.51. The number of hydrogen-bond donors (Lipinski definition) is 2. The van der Waals surface area contributed by atoms with E-state index in [1.165, 1.54) is 6.07 Å². The molecule has 244 valence electrons. The SMILES string of the molecule is C[C@@H]1CCC[C@H](n2cnc(-c3cc(Cl)ccc3-n3ccnn3)cc2=O)c2cc(ccn2)-c2c(cnn2C)NC1=O.O=C(O)C(F)(F)F. The molecule has 0 saturated carbocycles. The molecule has 0 aliphatic carbocycles. The van der Waals surface area contributed by atoms with Gasteiger partial charge >= 0.3 is 12.1 Å². The Balaban J connectivity index is 0.000000559. The monoisotopic (exact) mass is 669 g/mol. The smallest absolute Gasteiger partial charge is 0.475 e. The van der Waals surface area contributed by atoms with Crippen molar-refractivity contribution in [2.45, 2.75) is 38.4 Å². The third-order valence-electron chi connectivity index (χ3n) is 7.47. The summed E-state index contributed by atoms with van der Waals surface area (Å²) in [6.45, 7) is 1.91. The lowest BCUT2D eigenvalue weighted by atomic mass is 9.97. The lowest BCUT2D eigenvalue weighted by Crippen LogP contribution is -2.27. The molecule has 2 bridgehead atoms. The fourth-order valence-corrected chi connectivity index (χ4v) is 5.30. The number of pyridine rings is 1. The van der Waals surface area contributed by atoms with Gasteiger partial charge in [-0.3, -0.25) is 23.8 Å². The van der Waals surface area contributed by atoms with Crippen molar-refractivity contribution in [1.29, 1.82) is 0 Å². The van der Waals surface area contributed by atoms with Gasteiger partial charge in [0.05, 0.1) is 59.4 Å². The van der Waals surface area contributed by atoms with Crippen molar-refractivity contribution < 1.29 is 27.9 Å². The van der Waals surface area contributed by atoms with Gasteiger partial charge in [-0.1, -0.05) is 30.2 Å². The van der Waals surface area contributed by atoms with Gasteiger partial charge in [-0.05, 0) is 43.2 Å². The van der Waals surface area contributed by atoms with Gasteiger partial charge in [0.2, 0.25) is 5.91 Å². The fraction of sp³-hybridized carbons (Fsp3) is 0.267. The van der Waals surface area contributed by atoms with Crippen LogP contribution in [-0.4, -0.2) is 62.5 Å². The van der Waals surface area contributed by atoms with Crippen LogP contribution in [0.3, 0.4) is 0 Å². The van der Waals surface area contributed by atoms with Gasteiger partial charge in [0.15, 0.2) is 0 Å².